The first-order chi connectivity index (χ1) is 10.1. The molecule has 0 aliphatic rings. The van der Waals surface area contributed by atoms with Crippen molar-refractivity contribution in [1.29, 1.82) is 0 Å². The Hall–Kier alpha value is -1.79. The van der Waals surface area contributed by atoms with Crippen LogP contribution in [0.15, 0.2) is 23.4 Å². The van der Waals surface area contributed by atoms with E-state index >= 15 is 0 Å². The monoisotopic (exact) mass is 295 g/mol. The molecule has 6 nitrogen and oxygen atoms in total. The summed E-state index contributed by atoms with van der Waals surface area (Å²) in [4.78, 5) is 0. The Morgan fingerprint density at radius 2 is 2.05 bits per heavy atom. The van der Waals surface area contributed by atoms with E-state index in [9.17, 15) is 5.11 Å². The number of methoxy groups -OCH3 is 1. The van der Waals surface area contributed by atoms with E-state index in [4.69, 9.17) is 15.7 Å². The van der Waals surface area contributed by atoms with Gasteiger partial charge in [-0.15, -0.1) is 0 Å². The molecule has 118 valence electrons. The van der Waals surface area contributed by atoms with Crippen molar-refractivity contribution in [3.63, 3.8) is 0 Å². The number of nitrogens with zero attached hydrogens (tertiary/aromatic N) is 1. The number of rotatable bonds is 8. The van der Waals surface area contributed by atoms with Crippen LogP contribution in [-0.4, -0.2) is 35.4 Å². The van der Waals surface area contributed by atoms with Crippen LogP contribution >= 0.6 is 0 Å². The molecular weight excluding hydrogens is 270 g/mol. The molecule has 0 aliphatic carbocycles. The van der Waals surface area contributed by atoms with E-state index in [0.717, 1.165) is 18.4 Å². The maximum absolute atomic E-state index is 9.56. The number of ether oxygens (including phenoxy) is 1. The Morgan fingerprint density at radius 3 is 2.52 bits per heavy atom. The Morgan fingerprint density at radius 1 is 1.38 bits per heavy atom. The van der Waals surface area contributed by atoms with Gasteiger partial charge in [-0.05, 0) is 30.5 Å². The fourth-order valence-electron chi connectivity index (χ4n) is 2.19. The molecule has 0 amide bonds. The average molecular weight is 295 g/mol. The van der Waals surface area contributed by atoms with Crippen LogP contribution in [0.25, 0.3) is 0 Å². The van der Waals surface area contributed by atoms with Gasteiger partial charge >= 0.3 is 0 Å². The number of oxime groups is 1. The summed E-state index contributed by atoms with van der Waals surface area (Å²) in [6.45, 7) is 4.76. The van der Waals surface area contributed by atoms with Gasteiger partial charge in [-0.1, -0.05) is 25.1 Å². The summed E-state index contributed by atoms with van der Waals surface area (Å²) in [5.41, 5.74) is 6.89. The highest BCUT2D eigenvalue weighted by Gasteiger charge is 2.24. The van der Waals surface area contributed by atoms with Crippen LogP contribution in [0.2, 0.25) is 0 Å². The molecule has 0 atom stereocenters. The van der Waals surface area contributed by atoms with Gasteiger partial charge in [-0.3, -0.25) is 0 Å². The van der Waals surface area contributed by atoms with Crippen LogP contribution in [0, 0.1) is 0 Å². The van der Waals surface area contributed by atoms with Crippen molar-refractivity contribution in [3.8, 4) is 5.75 Å². The van der Waals surface area contributed by atoms with Crippen LogP contribution in [0.5, 0.6) is 5.75 Å². The zero-order valence-corrected chi connectivity index (χ0v) is 12.9. The zero-order chi connectivity index (χ0) is 15.9. The molecule has 0 fully saturated rings. The lowest BCUT2D eigenvalue weighted by molar-refractivity contribution is 0.149. The molecule has 0 heterocycles. The lowest BCUT2D eigenvalue weighted by atomic mass is 9.93. The third-order valence-electron chi connectivity index (χ3n) is 3.97. The van der Waals surface area contributed by atoms with Crippen LogP contribution in [0.3, 0.4) is 0 Å². The lowest BCUT2D eigenvalue weighted by Crippen LogP contribution is -2.47. The highest BCUT2D eigenvalue weighted by Crippen LogP contribution is 2.21. The second-order valence-electron chi connectivity index (χ2n) is 5.02. The van der Waals surface area contributed by atoms with E-state index in [1.807, 2.05) is 26.0 Å². The topological polar surface area (TPSA) is 100 Å². The minimum absolute atomic E-state index is 0.00750. The van der Waals surface area contributed by atoms with E-state index in [1.165, 1.54) is 7.11 Å². The van der Waals surface area contributed by atoms with E-state index in [2.05, 4.69) is 10.5 Å². The maximum Gasteiger partial charge on any atom is 0.173 e. The fourth-order valence-corrected chi connectivity index (χ4v) is 2.19. The van der Waals surface area contributed by atoms with Gasteiger partial charge in [0.1, 0.15) is 5.75 Å². The van der Waals surface area contributed by atoms with Gasteiger partial charge in [0.2, 0.25) is 0 Å². The smallest absolute Gasteiger partial charge is 0.173 e. The number of amidine groups is 1. The first-order valence-corrected chi connectivity index (χ1v) is 7.06. The number of nitrogens with one attached hydrogen (secondary N) is 1. The third-order valence-corrected chi connectivity index (χ3v) is 3.97. The average Bonchev–Trinajstić information content (AvgIpc) is 2.55. The van der Waals surface area contributed by atoms with Crippen molar-refractivity contribution in [1.82, 2.24) is 5.32 Å². The lowest BCUT2D eigenvalue weighted by Gasteiger charge is -2.31. The van der Waals surface area contributed by atoms with Gasteiger partial charge < -0.3 is 26.1 Å². The number of hydrogen-bond acceptors (Lipinski definition) is 5. The summed E-state index contributed by atoms with van der Waals surface area (Å²) >= 11 is 0. The third kappa shape index (κ3) is 4.09. The summed E-state index contributed by atoms with van der Waals surface area (Å²) in [5, 5.41) is 24.8. The Kier molecular flexibility index (Phi) is 6.45. The normalized spacial score (nSPS) is 12.5. The van der Waals surface area contributed by atoms with E-state index in [0.29, 0.717) is 17.9 Å². The fraction of sp³-hybridized carbons (Fsp3) is 0.533. The molecule has 5 N–H and O–H groups in total. The maximum atomic E-state index is 9.56. The second-order valence-corrected chi connectivity index (χ2v) is 5.02. The van der Waals surface area contributed by atoms with Gasteiger partial charge in [0.05, 0.1) is 19.3 Å². The van der Waals surface area contributed by atoms with E-state index in [1.54, 1.807) is 6.07 Å². The summed E-state index contributed by atoms with van der Waals surface area (Å²) in [6, 6.07) is 5.50. The molecule has 0 unspecified atom stereocenters. The van der Waals surface area contributed by atoms with Crippen molar-refractivity contribution < 1.29 is 15.1 Å². The number of aliphatic hydroxyl groups excluding tert-OH is 1. The second kappa shape index (κ2) is 7.85. The molecule has 21 heavy (non-hydrogen) atoms. The summed E-state index contributed by atoms with van der Waals surface area (Å²) in [6.07, 6.45) is 1.67. The quantitative estimate of drug-likeness (QED) is 0.252. The van der Waals surface area contributed by atoms with Crippen LogP contribution in [0.1, 0.15) is 37.8 Å². The van der Waals surface area contributed by atoms with Crippen molar-refractivity contribution >= 4 is 5.84 Å². The van der Waals surface area contributed by atoms with E-state index < -0.39 is 0 Å². The number of nitrogens with two attached hydrogens (primary N) is 1. The minimum atomic E-state index is -0.281. The molecule has 0 aliphatic heterocycles. The number of hydrogen-bond donors (Lipinski definition) is 4. The van der Waals surface area contributed by atoms with Crippen molar-refractivity contribution in [3.05, 3.63) is 29.3 Å². The predicted octanol–water partition coefficient (Wildman–Crippen LogP) is 1.43. The molecule has 1 aromatic carbocycles. The Balaban J connectivity index is 2.95. The zero-order valence-electron chi connectivity index (χ0n) is 12.9. The van der Waals surface area contributed by atoms with Crippen LogP contribution in [0.4, 0.5) is 0 Å². The van der Waals surface area contributed by atoms with Gasteiger partial charge in [0.15, 0.2) is 5.84 Å². The van der Waals surface area contributed by atoms with Gasteiger partial charge in [0.25, 0.3) is 0 Å². The molecule has 1 aromatic rings. The van der Waals surface area contributed by atoms with Crippen LogP contribution in [-0.2, 0) is 6.54 Å². The van der Waals surface area contributed by atoms with Gasteiger partial charge in [-0.25, -0.2) is 0 Å². The summed E-state index contributed by atoms with van der Waals surface area (Å²) in [5.74, 6) is 0.557. The molecule has 0 bridgehead atoms. The summed E-state index contributed by atoms with van der Waals surface area (Å²) < 4.78 is 5.20. The standard InChI is InChI=1S/C15H25N3O3/c1-4-15(5-2,10-19)17-9-11-6-7-13(21-3)12(8-11)14(16)18-20/h6-8,17,19-20H,4-5,9-10H2,1-3H3,(H2,16,18). The largest absolute Gasteiger partial charge is 0.496 e. The van der Waals surface area contributed by atoms with Crippen molar-refractivity contribution in [2.24, 2.45) is 10.9 Å². The van der Waals surface area contributed by atoms with Crippen molar-refractivity contribution in [2.75, 3.05) is 13.7 Å². The molecule has 0 saturated heterocycles. The first kappa shape index (κ1) is 17.3. The first-order valence-electron chi connectivity index (χ1n) is 7.06. The number of benzene rings is 1. The van der Waals surface area contributed by atoms with Gasteiger partial charge in [-0.2, -0.15) is 0 Å². The van der Waals surface area contributed by atoms with Crippen LogP contribution < -0.4 is 15.8 Å². The minimum Gasteiger partial charge on any atom is -0.496 e. The van der Waals surface area contributed by atoms with E-state index in [-0.39, 0.29) is 18.0 Å². The molecule has 0 spiro atoms. The van der Waals surface area contributed by atoms with Crippen molar-refractivity contribution in [2.45, 2.75) is 38.8 Å². The SMILES string of the molecule is CCC(CC)(CO)NCc1ccc(OC)c(C(N)=NO)c1. The predicted molar refractivity (Wildman–Crippen MR) is 82.7 cm³/mol. The Bertz CT molecular complexity index is 477. The molecule has 1 rings (SSSR count). The molecule has 0 aromatic heterocycles. The molecule has 0 saturated carbocycles. The summed E-state index contributed by atoms with van der Waals surface area (Å²) in [7, 11) is 1.53. The Labute approximate surface area is 125 Å². The highest BCUT2D eigenvalue weighted by atomic mass is 16.5. The highest BCUT2D eigenvalue weighted by molar-refractivity contribution is 5.99. The molecule has 0 radical (unpaired) electrons. The molecular formula is C15H25N3O3. The van der Waals surface area contributed by atoms with Gasteiger partial charge in [0, 0.05) is 12.1 Å². The molecule has 6 heteroatoms. The number of aliphatic hydroxyl groups is 1.